The first kappa shape index (κ1) is 13.1. The van der Waals surface area contributed by atoms with Gasteiger partial charge in [-0.1, -0.05) is 30.3 Å². The van der Waals surface area contributed by atoms with Gasteiger partial charge in [0.05, 0.1) is 24.5 Å². The Labute approximate surface area is 123 Å². The lowest BCUT2D eigenvalue weighted by molar-refractivity contribution is 0.415. The minimum atomic E-state index is 0.811. The van der Waals surface area contributed by atoms with Gasteiger partial charge in [0.2, 0.25) is 0 Å². The maximum absolute atomic E-state index is 5.19. The zero-order valence-electron chi connectivity index (χ0n) is 11.7. The fourth-order valence-electron chi connectivity index (χ4n) is 2.09. The summed E-state index contributed by atoms with van der Waals surface area (Å²) in [5.41, 5.74) is 5.79. The van der Waals surface area contributed by atoms with Crippen molar-refractivity contribution in [1.29, 1.82) is 0 Å². The van der Waals surface area contributed by atoms with E-state index in [0.717, 1.165) is 27.9 Å². The van der Waals surface area contributed by atoms with E-state index in [-0.39, 0.29) is 0 Å². The molecular weight excluding hydrogens is 262 g/mol. The van der Waals surface area contributed by atoms with Crippen molar-refractivity contribution in [3.8, 4) is 5.75 Å². The van der Waals surface area contributed by atoms with Gasteiger partial charge in [-0.25, -0.2) is 0 Å². The zero-order valence-corrected chi connectivity index (χ0v) is 11.7. The highest BCUT2D eigenvalue weighted by Crippen LogP contribution is 2.20. The number of anilines is 1. The van der Waals surface area contributed by atoms with E-state index < -0.39 is 0 Å². The average Bonchev–Trinajstić information content (AvgIpc) is 2.55. The molecule has 0 atom stereocenters. The Morgan fingerprint density at radius 2 is 1.95 bits per heavy atom. The maximum atomic E-state index is 5.19. The number of benzene rings is 2. The highest BCUT2D eigenvalue weighted by atomic mass is 16.5. The van der Waals surface area contributed by atoms with E-state index in [9.17, 15) is 0 Å². The Morgan fingerprint density at radius 3 is 2.86 bits per heavy atom. The summed E-state index contributed by atoms with van der Waals surface area (Å²) in [6.07, 6.45) is 3.53. The van der Waals surface area contributed by atoms with Crippen molar-refractivity contribution in [3.63, 3.8) is 0 Å². The highest BCUT2D eigenvalue weighted by molar-refractivity contribution is 5.90. The average molecular weight is 277 g/mol. The van der Waals surface area contributed by atoms with E-state index in [1.54, 1.807) is 19.5 Å². The summed E-state index contributed by atoms with van der Waals surface area (Å²) in [6, 6.07) is 17.6. The second-order valence-corrected chi connectivity index (χ2v) is 4.53. The molecule has 0 bridgehead atoms. The summed E-state index contributed by atoms with van der Waals surface area (Å²) in [4.78, 5) is 4.38. The minimum absolute atomic E-state index is 0.811. The Hall–Kier alpha value is -2.88. The topological polar surface area (TPSA) is 46.5 Å². The number of pyridine rings is 1. The van der Waals surface area contributed by atoms with Gasteiger partial charge in [0.1, 0.15) is 5.75 Å². The molecule has 0 aliphatic carbocycles. The molecule has 4 nitrogen and oxygen atoms in total. The molecule has 0 saturated carbocycles. The van der Waals surface area contributed by atoms with Crippen molar-refractivity contribution in [1.82, 2.24) is 4.98 Å². The van der Waals surface area contributed by atoms with Gasteiger partial charge in [-0.2, -0.15) is 5.10 Å². The molecule has 4 heteroatoms. The van der Waals surface area contributed by atoms with Crippen LogP contribution < -0.4 is 10.2 Å². The zero-order chi connectivity index (χ0) is 14.5. The fraction of sp³-hybridized carbons (Fsp3) is 0.0588. The predicted molar refractivity (Wildman–Crippen MR) is 86.0 cm³/mol. The number of nitrogens with one attached hydrogen (secondary N) is 1. The number of aromatic nitrogens is 1. The molecule has 104 valence electrons. The first-order valence-electron chi connectivity index (χ1n) is 6.64. The molecule has 3 aromatic rings. The molecule has 1 heterocycles. The van der Waals surface area contributed by atoms with Crippen LogP contribution in [0.5, 0.6) is 5.75 Å². The third-order valence-corrected chi connectivity index (χ3v) is 3.13. The number of rotatable bonds is 4. The molecule has 0 fully saturated rings. The number of fused-ring (bicyclic) bond motifs is 1. The number of hydrazone groups is 1. The first-order valence-corrected chi connectivity index (χ1v) is 6.64. The summed E-state index contributed by atoms with van der Waals surface area (Å²) in [5, 5.41) is 5.35. The molecule has 21 heavy (non-hydrogen) atoms. The van der Waals surface area contributed by atoms with Gasteiger partial charge in [-0.05, 0) is 29.8 Å². The molecule has 2 aromatic carbocycles. The number of methoxy groups -OCH3 is 1. The van der Waals surface area contributed by atoms with Crippen LogP contribution in [-0.4, -0.2) is 18.3 Å². The van der Waals surface area contributed by atoms with E-state index in [1.165, 1.54) is 0 Å². The largest absolute Gasteiger partial charge is 0.497 e. The van der Waals surface area contributed by atoms with Crippen molar-refractivity contribution in [3.05, 3.63) is 66.4 Å². The lowest BCUT2D eigenvalue weighted by Crippen LogP contribution is -1.93. The predicted octanol–water partition coefficient (Wildman–Crippen LogP) is 3.69. The monoisotopic (exact) mass is 277 g/mol. The van der Waals surface area contributed by atoms with Gasteiger partial charge < -0.3 is 4.74 Å². The van der Waals surface area contributed by atoms with Crippen LogP contribution in [0.3, 0.4) is 0 Å². The lowest BCUT2D eigenvalue weighted by atomic mass is 10.2. The van der Waals surface area contributed by atoms with E-state index in [1.807, 2.05) is 54.6 Å². The third kappa shape index (κ3) is 3.00. The van der Waals surface area contributed by atoms with Crippen LogP contribution in [0.2, 0.25) is 0 Å². The number of hydrogen-bond donors (Lipinski definition) is 1. The number of para-hydroxylation sites is 1. The molecule has 1 aromatic heterocycles. The second kappa shape index (κ2) is 6.05. The van der Waals surface area contributed by atoms with Crippen LogP contribution in [0.25, 0.3) is 10.9 Å². The Kier molecular flexibility index (Phi) is 3.78. The van der Waals surface area contributed by atoms with Crippen molar-refractivity contribution >= 4 is 22.8 Å². The van der Waals surface area contributed by atoms with E-state index in [0.29, 0.717) is 0 Å². The molecule has 0 spiro atoms. The summed E-state index contributed by atoms with van der Waals surface area (Å²) < 4.78 is 5.19. The number of ether oxygens (including phenoxy) is 1. The summed E-state index contributed by atoms with van der Waals surface area (Å²) in [6.45, 7) is 0. The van der Waals surface area contributed by atoms with Crippen molar-refractivity contribution in [2.24, 2.45) is 5.10 Å². The molecule has 0 aliphatic rings. The highest BCUT2D eigenvalue weighted by Gasteiger charge is 1.99. The van der Waals surface area contributed by atoms with Crippen LogP contribution >= 0.6 is 0 Å². The van der Waals surface area contributed by atoms with E-state index in [4.69, 9.17) is 4.74 Å². The van der Waals surface area contributed by atoms with Gasteiger partial charge >= 0.3 is 0 Å². The summed E-state index contributed by atoms with van der Waals surface area (Å²) >= 11 is 0. The molecule has 1 N–H and O–H groups in total. The third-order valence-electron chi connectivity index (χ3n) is 3.13. The molecular formula is C17H15N3O. The first-order chi connectivity index (χ1) is 10.4. The van der Waals surface area contributed by atoms with Crippen LogP contribution in [0.4, 0.5) is 5.69 Å². The van der Waals surface area contributed by atoms with Gasteiger partial charge in [-0.15, -0.1) is 0 Å². The fourth-order valence-corrected chi connectivity index (χ4v) is 2.09. The number of hydrogen-bond acceptors (Lipinski definition) is 4. The number of nitrogens with zero attached hydrogens (tertiary/aromatic N) is 2. The Balaban J connectivity index is 1.81. The Morgan fingerprint density at radius 1 is 1.10 bits per heavy atom. The van der Waals surface area contributed by atoms with E-state index in [2.05, 4.69) is 15.5 Å². The van der Waals surface area contributed by atoms with Gasteiger partial charge in [0.15, 0.2) is 0 Å². The Bertz CT molecular complexity index is 778. The maximum Gasteiger partial charge on any atom is 0.119 e. The second-order valence-electron chi connectivity index (χ2n) is 4.53. The summed E-state index contributed by atoms with van der Waals surface area (Å²) in [5.74, 6) is 0.811. The SMILES string of the molecule is COc1cccc(C=NNc2cccc3cccnc23)c1. The van der Waals surface area contributed by atoms with Crippen molar-refractivity contribution in [2.75, 3.05) is 12.5 Å². The molecule has 0 saturated heterocycles. The van der Waals surface area contributed by atoms with Crippen LogP contribution in [0.15, 0.2) is 65.9 Å². The normalized spacial score (nSPS) is 10.9. The molecule has 0 aliphatic heterocycles. The van der Waals surface area contributed by atoms with Crippen LogP contribution in [0, 0.1) is 0 Å². The smallest absolute Gasteiger partial charge is 0.119 e. The quantitative estimate of drug-likeness (QED) is 0.584. The standard InChI is InChI=1S/C17H15N3O/c1-21-15-8-2-5-13(11-15)12-19-20-16-9-3-6-14-7-4-10-18-17(14)16/h2-12,20H,1H3. The van der Waals surface area contributed by atoms with Gasteiger partial charge in [0.25, 0.3) is 0 Å². The van der Waals surface area contributed by atoms with Crippen molar-refractivity contribution < 1.29 is 4.74 Å². The minimum Gasteiger partial charge on any atom is -0.497 e. The van der Waals surface area contributed by atoms with Gasteiger partial charge in [-0.3, -0.25) is 10.4 Å². The molecule has 0 amide bonds. The lowest BCUT2D eigenvalue weighted by Gasteiger charge is -2.04. The summed E-state index contributed by atoms with van der Waals surface area (Å²) in [7, 11) is 1.65. The molecule has 0 radical (unpaired) electrons. The molecule has 0 unspecified atom stereocenters. The van der Waals surface area contributed by atoms with E-state index >= 15 is 0 Å². The van der Waals surface area contributed by atoms with Crippen LogP contribution in [0.1, 0.15) is 5.56 Å². The van der Waals surface area contributed by atoms with Crippen molar-refractivity contribution in [2.45, 2.75) is 0 Å². The van der Waals surface area contributed by atoms with Crippen LogP contribution in [-0.2, 0) is 0 Å². The molecule has 3 rings (SSSR count). The van der Waals surface area contributed by atoms with Gasteiger partial charge in [0, 0.05) is 11.6 Å².